The van der Waals surface area contributed by atoms with Crippen molar-refractivity contribution in [3.8, 4) is 0 Å². The number of carbonyl (C=O) groups is 4. The predicted octanol–water partition coefficient (Wildman–Crippen LogP) is 3.71. The zero-order valence-electron chi connectivity index (χ0n) is 22.3. The van der Waals surface area contributed by atoms with Crippen LogP contribution in [-0.2, 0) is 32.6 Å². The van der Waals surface area contributed by atoms with E-state index in [0.717, 1.165) is 14.2 Å². The number of hydrogen-bond donors (Lipinski definition) is 1. The van der Waals surface area contributed by atoms with Crippen molar-refractivity contribution in [1.29, 1.82) is 0 Å². The summed E-state index contributed by atoms with van der Waals surface area (Å²) in [6, 6.07) is 23.1. The van der Waals surface area contributed by atoms with Crippen molar-refractivity contribution >= 4 is 31.3 Å². The summed E-state index contributed by atoms with van der Waals surface area (Å²) in [5, 5.41) is 11.1. The zero-order chi connectivity index (χ0) is 29.8. The minimum atomic E-state index is -3.99. The summed E-state index contributed by atoms with van der Waals surface area (Å²) in [5.41, 5.74) is 0.290. The summed E-state index contributed by atoms with van der Waals surface area (Å²) in [7, 11) is -1.86. The molecule has 0 bridgehead atoms. The summed E-state index contributed by atoms with van der Waals surface area (Å²) in [5.74, 6) is -3.81. The van der Waals surface area contributed by atoms with E-state index in [4.69, 9.17) is 23.3 Å². The van der Waals surface area contributed by atoms with E-state index in [9.17, 15) is 28.8 Å². The summed E-state index contributed by atoms with van der Waals surface area (Å²) >= 11 is 0. The molecule has 0 heterocycles. The maximum absolute atomic E-state index is 13.4. The van der Waals surface area contributed by atoms with Gasteiger partial charge in [0.15, 0.2) is 18.0 Å². The first-order chi connectivity index (χ1) is 19.7. The average molecular weight is 585 g/mol. The number of carbonyl (C=O) groups excluding carboxylic acids is 4. The molecule has 0 spiro atoms. The van der Waals surface area contributed by atoms with Gasteiger partial charge in [0, 0.05) is 14.2 Å². The van der Waals surface area contributed by atoms with E-state index >= 15 is 0 Å². The Bertz CT molecular complexity index is 1360. The third kappa shape index (κ3) is 8.92. The standard InChI is InChI=1S/C29H29O11P/c1-36-41(35,37-2)19-24(31)26(40-29(34)22-16-10-5-11-17-22)25(39-28(33)21-14-8-4-9-15-21)23(30)18-38-27(32)20-12-6-3-7-13-20/h3-17,23,25-26,30H,18-19H2,1-2H3. The third-order valence-electron chi connectivity index (χ3n) is 5.79. The van der Waals surface area contributed by atoms with Gasteiger partial charge >= 0.3 is 25.5 Å². The molecular weight excluding hydrogens is 555 g/mol. The van der Waals surface area contributed by atoms with Crippen LogP contribution < -0.4 is 0 Å². The highest BCUT2D eigenvalue weighted by atomic mass is 31.2. The molecule has 3 atom stereocenters. The van der Waals surface area contributed by atoms with E-state index < -0.39 is 62.4 Å². The summed E-state index contributed by atoms with van der Waals surface area (Å²) < 4.78 is 38.6. The van der Waals surface area contributed by atoms with Crippen LogP contribution in [0.3, 0.4) is 0 Å². The fourth-order valence-corrected chi connectivity index (χ4v) is 4.55. The number of ketones is 1. The molecule has 3 aromatic rings. The first kappa shape index (κ1) is 31.4. The number of aliphatic hydroxyl groups excluding tert-OH is 1. The second-order valence-corrected chi connectivity index (χ2v) is 10.8. The van der Waals surface area contributed by atoms with Gasteiger partial charge < -0.3 is 28.4 Å². The minimum Gasteiger partial charge on any atom is -0.459 e. The molecule has 0 fully saturated rings. The van der Waals surface area contributed by atoms with Crippen LogP contribution in [0.4, 0.5) is 0 Å². The normalized spacial score (nSPS) is 13.3. The summed E-state index contributed by atoms with van der Waals surface area (Å²) in [4.78, 5) is 51.9. The smallest absolute Gasteiger partial charge is 0.338 e. The highest BCUT2D eigenvalue weighted by Crippen LogP contribution is 2.46. The second kappa shape index (κ2) is 15.0. The molecule has 3 unspecified atom stereocenters. The lowest BCUT2D eigenvalue weighted by molar-refractivity contribution is -0.140. The average Bonchev–Trinajstić information content (AvgIpc) is 3.02. The van der Waals surface area contributed by atoms with E-state index in [1.165, 1.54) is 36.4 Å². The van der Waals surface area contributed by atoms with Crippen molar-refractivity contribution in [2.45, 2.75) is 18.3 Å². The zero-order valence-corrected chi connectivity index (χ0v) is 23.2. The molecule has 0 saturated heterocycles. The third-order valence-corrected chi connectivity index (χ3v) is 7.60. The largest absolute Gasteiger partial charge is 0.459 e. The number of esters is 3. The Balaban J connectivity index is 1.96. The predicted molar refractivity (Wildman–Crippen MR) is 146 cm³/mol. The van der Waals surface area contributed by atoms with E-state index in [1.807, 2.05) is 0 Å². The maximum atomic E-state index is 13.4. The molecule has 0 aliphatic heterocycles. The van der Waals surface area contributed by atoms with Gasteiger partial charge in [0.25, 0.3) is 0 Å². The molecule has 0 radical (unpaired) electrons. The van der Waals surface area contributed by atoms with Gasteiger partial charge in [-0.1, -0.05) is 54.6 Å². The minimum absolute atomic E-state index is 0.0464. The molecule has 216 valence electrons. The lowest BCUT2D eigenvalue weighted by atomic mass is 10.0. The number of rotatable bonds is 14. The Morgan fingerprint density at radius 2 is 1.10 bits per heavy atom. The van der Waals surface area contributed by atoms with Gasteiger partial charge in [0.05, 0.1) is 16.7 Å². The topological polar surface area (TPSA) is 152 Å². The number of ether oxygens (including phenoxy) is 3. The van der Waals surface area contributed by atoms with E-state index in [0.29, 0.717) is 0 Å². The Labute approximate surface area is 236 Å². The number of benzene rings is 3. The molecule has 41 heavy (non-hydrogen) atoms. The van der Waals surface area contributed by atoms with Crippen molar-refractivity contribution in [2.24, 2.45) is 0 Å². The molecular formula is C29H29O11P. The van der Waals surface area contributed by atoms with Crippen LogP contribution in [0.15, 0.2) is 91.0 Å². The first-order valence-corrected chi connectivity index (χ1v) is 14.1. The SMILES string of the molecule is COP(=O)(CC(=O)C(OC(=O)c1ccccc1)C(OC(=O)c1ccccc1)C(O)COC(=O)c1ccccc1)OC. The van der Waals surface area contributed by atoms with Gasteiger partial charge in [-0.25, -0.2) is 14.4 Å². The van der Waals surface area contributed by atoms with Crippen molar-refractivity contribution in [1.82, 2.24) is 0 Å². The quantitative estimate of drug-likeness (QED) is 0.168. The Morgan fingerprint density at radius 1 is 0.683 bits per heavy atom. The van der Waals surface area contributed by atoms with Gasteiger partial charge in [-0.3, -0.25) is 9.36 Å². The van der Waals surface area contributed by atoms with Gasteiger partial charge in [-0.2, -0.15) is 0 Å². The van der Waals surface area contributed by atoms with Crippen LogP contribution in [0.5, 0.6) is 0 Å². The van der Waals surface area contributed by atoms with Crippen LogP contribution in [-0.4, -0.2) is 74.1 Å². The summed E-state index contributed by atoms with van der Waals surface area (Å²) in [6.07, 6.45) is -6.65. The number of Topliss-reactive ketones (excluding diaryl/α,β-unsaturated/α-hetero) is 1. The fraction of sp³-hybridized carbons (Fsp3) is 0.241. The van der Waals surface area contributed by atoms with Crippen LogP contribution in [0, 0.1) is 0 Å². The molecule has 0 aromatic heterocycles. The van der Waals surface area contributed by atoms with Gasteiger partial charge in [0.2, 0.25) is 0 Å². The monoisotopic (exact) mass is 584 g/mol. The fourth-order valence-electron chi connectivity index (χ4n) is 3.58. The molecule has 0 amide bonds. The lowest BCUT2D eigenvalue weighted by Gasteiger charge is -2.30. The second-order valence-electron chi connectivity index (χ2n) is 8.56. The summed E-state index contributed by atoms with van der Waals surface area (Å²) in [6.45, 7) is -0.751. The van der Waals surface area contributed by atoms with Gasteiger partial charge in [-0.05, 0) is 36.4 Å². The molecule has 0 aliphatic carbocycles. The molecule has 3 aromatic carbocycles. The molecule has 0 aliphatic rings. The van der Waals surface area contributed by atoms with Crippen molar-refractivity contribution < 1.29 is 52.1 Å². The van der Waals surface area contributed by atoms with Gasteiger partial charge in [0.1, 0.15) is 18.9 Å². The molecule has 1 N–H and O–H groups in total. The molecule has 0 saturated carbocycles. The van der Waals surface area contributed by atoms with Crippen LogP contribution in [0.1, 0.15) is 31.1 Å². The Hall–Kier alpha value is -4.15. The molecule has 3 rings (SSSR count). The van der Waals surface area contributed by atoms with E-state index in [-0.39, 0.29) is 16.7 Å². The van der Waals surface area contributed by atoms with Crippen molar-refractivity contribution in [3.63, 3.8) is 0 Å². The number of hydrogen-bond acceptors (Lipinski definition) is 11. The van der Waals surface area contributed by atoms with Gasteiger partial charge in [-0.15, -0.1) is 0 Å². The van der Waals surface area contributed by atoms with Crippen LogP contribution >= 0.6 is 7.60 Å². The van der Waals surface area contributed by atoms with Crippen molar-refractivity contribution in [3.05, 3.63) is 108 Å². The van der Waals surface area contributed by atoms with E-state index in [2.05, 4.69) is 0 Å². The Kier molecular flexibility index (Phi) is 11.5. The lowest BCUT2D eigenvalue weighted by Crippen LogP contribution is -2.50. The highest BCUT2D eigenvalue weighted by molar-refractivity contribution is 7.54. The molecule has 12 heteroatoms. The van der Waals surface area contributed by atoms with Crippen molar-refractivity contribution in [2.75, 3.05) is 27.0 Å². The maximum Gasteiger partial charge on any atom is 0.338 e. The van der Waals surface area contributed by atoms with Crippen LogP contribution in [0.25, 0.3) is 0 Å². The van der Waals surface area contributed by atoms with Crippen LogP contribution in [0.2, 0.25) is 0 Å². The van der Waals surface area contributed by atoms with E-state index in [1.54, 1.807) is 54.6 Å². The number of aliphatic hydroxyl groups is 1. The molecule has 11 nitrogen and oxygen atoms in total. The Morgan fingerprint density at radius 3 is 1.54 bits per heavy atom. The highest BCUT2D eigenvalue weighted by Gasteiger charge is 2.43. The first-order valence-electron chi connectivity index (χ1n) is 12.3.